The molecule has 2 N–H and O–H groups in total. The summed E-state index contributed by atoms with van der Waals surface area (Å²) in [5, 5.41) is 20.9. The number of amides is 1. The molecule has 1 heterocycles. The van der Waals surface area contributed by atoms with Gasteiger partial charge >= 0.3 is 6.09 Å². The number of carbonyl (C=O) groups excluding carboxylic acids is 1. The maximum atomic E-state index is 11.9. The Bertz CT molecular complexity index is 534. The average molecular weight is 324 g/mol. The molecule has 7 heteroatoms. The van der Waals surface area contributed by atoms with Gasteiger partial charge < -0.3 is 15.2 Å². The Labute approximate surface area is 137 Å². The number of nitrogens with zero attached hydrogens (tertiary/aromatic N) is 3. The Balaban J connectivity index is 2.01. The topological polar surface area (TPSA) is 89.3 Å². The molecular weight excluding hydrogens is 296 g/mol. The van der Waals surface area contributed by atoms with E-state index in [-0.39, 0.29) is 6.61 Å². The van der Waals surface area contributed by atoms with Gasteiger partial charge in [0.25, 0.3) is 0 Å². The second-order valence-electron chi connectivity index (χ2n) is 7.72. The SMILES string of the molecule is Cn1cc(CC(CO)(CNC(=O)OC(C)(C)C)CC2CC2)nn1. The van der Waals surface area contributed by atoms with E-state index in [1.54, 1.807) is 4.68 Å². The van der Waals surface area contributed by atoms with Gasteiger partial charge in [-0.25, -0.2) is 4.79 Å². The summed E-state index contributed by atoms with van der Waals surface area (Å²) in [5.41, 5.74) is -0.130. The molecule has 1 aliphatic rings. The van der Waals surface area contributed by atoms with Crippen molar-refractivity contribution in [2.45, 2.75) is 52.1 Å². The van der Waals surface area contributed by atoms with Crippen LogP contribution < -0.4 is 5.32 Å². The third kappa shape index (κ3) is 5.82. The molecule has 0 aromatic carbocycles. The summed E-state index contributed by atoms with van der Waals surface area (Å²) in [6, 6.07) is 0. The number of carbonyl (C=O) groups is 1. The molecule has 1 aliphatic carbocycles. The average Bonchev–Trinajstić information content (AvgIpc) is 3.15. The van der Waals surface area contributed by atoms with E-state index in [2.05, 4.69) is 15.6 Å². The van der Waals surface area contributed by atoms with Crippen molar-refractivity contribution in [2.75, 3.05) is 13.2 Å². The van der Waals surface area contributed by atoms with E-state index in [9.17, 15) is 9.90 Å². The lowest BCUT2D eigenvalue weighted by Gasteiger charge is -2.32. The lowest BCUT2D eigenvalue weighted by molar-refractivity contribution is 0.0448. The quantitative estimate of drug-likeness (QED) is 0.796. The van der Waals surface area contributed by atoms with Gasteiger partial charge in [-0.1, -0.05) is 18.1 Å². The number of aliphatic hydroxyl groups excluding tert-OH is 1. The van der Waals surface area contributed by atoms with Gasteiger partial charge in [-0.05, 0) is 33.1 Å². The van der Waals surface area contributed by atoms with Crippen LogP contribution in [0.4, 0.5) is 4.79 Å². The van der Waals surface area contributed by atoms with Crippen LogP contribution in [0.15, 0.2) is 6.20 Å². The van der Waals surface area contributed by atoms with Gasteiger partial charge in [-0.3, -0.25) is 4.68 Å². The van der Waals surface area contributed by atoms with Crippen molar-refractivity contribution in [2.24, 2.45) is 18.4 Å². The predicted octanol–water partition coefficient (Wildman–Crippen LogP) is 1.66. The molecule has 1 fully saturated rings. The van der Waals surface area contributed by atoms with Crippen LogP contribution in [0.5, 0.6) is 0 Å². The van der Waals surface area contributed by atoms with Gasteiger partial charge in [-0.2, -0.15) is 0 Å². The van der Waals surface area contributed by atoms with Crippen molar-refractivity contribution < 1.29 is 14.6 Å². The smallest absolute Gasteiger partial charge is 0.407 e. The fraction of sp³-hybridized carbons (Fsp3) is 0.812. The minimum absolute atomic E-state index is 0.00410. The number of aryl methyl sites for hydroxylation is 1. The van der Waals surface area contributed by atoms with Gasteiger partial charge in [0.15, 0.2) is 0 Å². The third-order valence-corrected chi connectivity index (χ3v) is 3.97. The summed E-state index contributed by atoms with van der Waals surface area (Å²) < 4.78 is 6.94. The molecule has 0 spiro atoms. The first kappa shape index (κ1) is 17.7. The molecule has 1 aromatic heterocycles. The maximum absolute atomic E-state index is 11.9. The van der Waals surface area contributed by atoms with E-state index in [1.807, 2.05) is 34.0 Å². The molecule has 0 aliphatic heterocycles. The summed E-state index contributed by atoms with van der Waals surface area (Å²) in [6.45, 7) is 5.85. The molecule has 2 rings (SSSR count). The van der Waals surface area contributed by atoms with E-state index >= 15 is 0 Å². The fourth-order valence-corrected chi connectivity index (χ4v) is 2.75. The predicted molar refractivity (Wildman–Crippen MR) is 85.8 cm³/mol. The van der Waals surface area contributed by atoms with Crippen molar-refractivity contribution in [3.8, 4) is 0 Å². The second-order valence-corrected chi connectivity index (χ2v) is 7.72. The lowest BCUT2D eigenvalue weighted by atomic mass is 9.79. The highest BCUT2D eigenvalue weighted by Crippen LogP contribution is 2.41. The highest BCUT2D eigenvalue weighted by molar-refractivity contribution is 5.67. The first-order valence-corrected chi connectivity index (χ1v) is 8.14. The molecular formula is C16H28N4O3. The minimum Gasteiger partial charge on any atom is -0.444 e. The largest absolute Gasteiger partial charge is 0.444 e. The Hall–Kier alpha value is -1.63. The number of hydrogen-bond acceptors (Lipinski definition) is 5. The lowest BCUT2D eigenvalue weighted by Crippen LogP contribution is -2.44. The van der Waals surface area contributed by atoms with Crippen LogP contribution in [0.1, 0.15) is 45.7 Å². The standard InChI is InChI=1S/C16H28N4O3/c1-15(2,3)23-14(22)17-10-16(11-21,7-12-5-6-12)8-13-9-20(4)19-18-13/h9,12,21H,5-8,10-11H2,1-4H3,(H,17,22). The highest BCUT2D eigenvalue weighted by Gasteiger charge is 2.38. The maximum Gasteiger partial charge on any atom is 0.407 e. The van der Waals surface area contributed by atoms with Gasteiger partial charge in [-0.15, -0.1) is 5.10 Å². The van der Waals surface area contributed by atoms with Crippen LogP contribution >= 0.6 is 0 Å². The zero-order valence-corrected chi connectivity index (χ0v) is 14.5. The molecule has 0 bridgehead atoms. The van der Waals surface area contributed by atoms with Crippen molar-refractivity contribution in [1.29, 1.82) is 0 Å². The number of ether oxygens (including phenoxy) is 1. The van der Waals surface area contributed by atoms with Crippen molar-refractivity contribution in [3.63, 3.8) is 0 Å². The van der Waals surface area contributed by atoms with Crippen LogP contribution in [-0.4, -0.2) is 44.9 Å². The Morgan fingerprint density at radius 2 is 2.17 bits per heavy atom. The monoisotopic (exact) mass is 324 g/mol. The molecule has 7 nitrogen and oxygen atoms in total. The Morgan fingerprint density at radius 1 is 1.48 bits per heavy atom. The molecule has 0 saturated heterocycles. The summed E-state index contributed by atoms with van der Waals surface area (Å²) in [6.07, 6.45) is 5.23. The normalized spacial score (nSPS) is 17.6. The summed E-state index contributed by atoms with van der Waals surface area (Å²) in [4.78, 5) is 11.9. The molecule has 1 aromatic rings. The summed E-state index contributed by atoms with van der Waals surface area (Å²) >= 11 is 0. The fourth-order valence-electron chi connectivity index (χ4n) is 2.75. The molecule has 23 heavy (non-hydrogen) atoms. The number of alkyl carbamates (subject to hydrolysis) is 1. The van der Waals surface area contributed by atoms with E-state index in [1.165, 1.54) is 12.8 Å². The highest BCUT2D eigenvalue weighted by atomic mass is 16.6. The number of aliphatic hydroxyl groups is 1. The van der Waals surface area contributed by atoms with Crippen molar-refractivity contribution >= 4 is 6.09 Å². The van der Waals surface area contributed by atoms with Crippen LogP contribution in [0.2, 0.25) is 0 Å². The molecule has 1 amide bonds. The van der Waals surface area contributed by atoms with Gasteiger partial charge in [0.05, 0.1) is 12.3 Å². The van der Waals surface area contributed by atoms with Gasteiger partial charge in [0.2, 0.25) is 0 Å². The number of nitrogens with one attached hydrogen (secondary N) is 1. The van der Waals surface area contributed by atoms with E-state index in [0.29, 0.717) is 18.9 Å². The van der Waals surface area contributed by atoms with E-state index < -0.39 is 17.1 Å². The molecule has 130 valence electrons. The van der Waals surface area contributed by atoms with Crippen LogP contribution in [0, 0.1) is 11.3 Å². The molecule has 1 atom stereocenters. The number of aromatic nitrogens is 3. The van der Waals surface area contributed by atoms with Crippen LogP contribution in [0.3, 0.4) is 0 Å². The first-order valence-electron chi connectivity index (χ1n) is 8.14. The third-order valence-electron chi connectivity index (χ3n) is 3.97. The van der Waals surface area contributed by atoms with E-state index in [0.717, 1.165) is 12.1 Å². The summed E-state index contributed by atoms with van der Waals surface area (Å²) in [5.74, 6) is 0.624. The molecule has 1 unspecified atom stereocenters. The Morgan fingerprint density at radius 3 is 2.65 bits per heavy atom. The van der Waals surface area contributed by atoms with Crippen molar-refractivity contribution in [3.05, 3.63) is 11.9 Å². The zero-order chi connectivity index (χ0) is 17.1. The van der Waals surface area contributed by atoms with Crippen LogP contribution in [0.25, 0.3) is 0 Å². The van der Waals surface area contributed by atoms with Crippen molar-refractivity contribution in [1.82, 2.24) is 20.3 Å². The van der Waals surface area contributed by atoms with E-state index in [4.69, 9.17) is 4.74 Å². The Kier molecular flexibility index (Phi) is 5.29. The van der Waals surface area contributed by atoms with Gasteiger partial charge in [0.1, 0.15) is 5.60 Å². The second kappa shape index (κ2) is 6.86. The summed E-state index contributed by atoms with van der Waals surface area (Å²) in [7, 11) is 1.82. The van der Waals surface area contributed by atoms with Crippen LogP contribution in [-0.2, 0) is 18.2 Å². The minimum atomic E-state index is -0.534. The van der Waals surface area contributed by atoms with Gasteiger partial charge in [0, 0.05) is 31.6 Å². The first-order chi connectivity index (χ1) is 10.7. The number of hydrogen-bond donors (Lipinski definition) is 2. The zero-order valence-electron chi connectivity index (χ0n) is 14.5. The molecule has 1 saturated carbocycles. The number of rotatable bonds is 7. The molecule has 0 radical (unpaired) electrons.